The third kappa shape index (κ3) is 5.95. The first-order valence-electron chi connectivity index (χ1n) is 12.6. The molecule has 5 aliphatic rings. The molecule has 5 heterocycles. The molecule has 0 aromatic heterocycles. The van der Waals surface area contributed by atoms with Crippen molar-refractivity contribution in [2.75, 3.05) is 39.3 Å². The minimum Gasteiger partial charge on any atom is -0.303 e. The van der Waals surface area contributed by atoms with Crippen LogP contribution in [0.4, 0.5) is 0 Å². The second-order valence-corrected chi connectivity index (χ2v) is 10.2. The van der Waals surface area contributed by atoms with Crippen molar-refractivity contribution in [1.82, 2.24) is 9.80 Å². The van der Waals surface area contributed by atoms with Crippen LogP contribution in [0.25, 0.3) is 0 Å². The van der Waals surface area contributed by atoms with Gasteiger partial charge in [0.05, 0.1) is 0 Å². The molecule has 2 nitrogen and oxygen atoms in total. The van der Waals surface area contributed by atoms with Gasteiger partial charge in [0.2, 0.25) is 0 Å². The number of hydrogen-bond donors (Lipinski definition) is 0. The molecule has 6 bridgehead atoms. The average molecular weight is 385 g/mol. The summed E-state index contributed by atoms with van der Waals surface area (Å²) in [6.07, 6.45) is 26.6. The summed E-state index contributed by atoms with van der Waals surface area (Å²) in [7, 11) is 0. The molecule has 158 valence electrons. The van der Waals surface area contributed by atoms with Gasteiger partial charge in [-0.2, -0.15) is 0 Å². The zero-order valence-electron chi connectivity index (χ0n) is 18.2. The highest BCUT2D eigenvalue weighted by atomic mass is 15.1. The van der Waals surface area contributed by atoms with E-state index in [1.54, 1.807) is 0 Å². The van der Waals surface area contributed by atoms with Crippen LogP contribution >= 0.6 is 0 Å². The third-order valence-corrected chi connectivity index (χ3v) is 8.10. The van der Waals surface area contributed by atoms with Gasteiger partial charge in [-0.1, -0.05) is 24.3 Å². The van der Waals surface area contributed by atoms with Crippen LogP contribution in [0.1, 0.15) is 77.0 Å². The molecule has 0 N–H and O–H groups in total. The Balaban J connectivity index is 1.53. The van der Waals surface area contributed by atoms with E-state index in [4.69, 9.17) is 0 Å². The largest absolute Gasteiger partial charge is 0.303 e. The molecule has 28 heavy (non-hydrogen) atoms. The Morgan fingerprint density at radius 3 is 2.04 bits per heavy atom. The number of piperidine rings is 2. The van der Waals surface area contributed by atoms with Crippen molar-refractivity contribution in [3.05, 3.63) is 24.3 Å². The summed E-state index contributed by atoms with van der Waals surface area (Å²) < 4.78 is 0. The Morgan fingerprint density at radius 2 is 1.21 bits per heavy atom. The summed E-state index contributed by atoms with van der Waals surface area (Å²) in [4.78, 5) is 5.70. The lowest BCUT2D eigenvalue weighted by Gasteiger charge is -2.47. The molecule has 0 aromatic carbocycles. The maximum atomic E-state index is 2.88. The fraction of sp³-hybridized carbons (Fsp3) is 0.846. The van der Waals surface area contributed by atoms with Crippen molar-refractivity contribution >= 4 is 0 Å². The number of fused-ring (bicyclic) bond motifs is 8. The van der Waals surface area contributed by atoms with E-state index in [2.05, 4.69) is 34.1 Å². The van der Waals surface area contributed by atoms with Crippen molar-refractivity contribution in [1.29, 1.82) is 0 Å². The highest BCUT2D eigenvalue weighted by Gasteiger charge is 2.38. The van der Waals surface area contributed by atoms with E-state index in [1.807, 2.05) is 0 Å². The predicted molar refractivity (Wildman–Crippen MR) is 121 cm³/mol. The number of hydrogen-bond acceptors (Lipinski definition) is 2. The van der Waals surface area contributed by atoms with Crippen LogP contribution in [-0.2, 0) is 0 Å². The molecule has 0 saturated carbocycles. The molecule has 2 saturated heterocycles. The second-order valence-electron chi connectivity index (χ2n) is 10.2. The van der Waals surface area contributed by atoms with E-state index in [0.29, 0.717) is 0 Å². The predicted octanol–water partition coefficient (Wildman–Crippen LogP) is 5.90. The van der Waals surface area contributed by atoms with Gasteiger partial charge in [0.25, 0.3) is 0 Å². The first-order valence-corrected chi connectivity index (χ1v) is 12.6. The monoisotopic (exact) mass is 384 g/mol. The summed E-state index contributed by atoms with van der Waals surface area (Å²) in [6, 6.07) is 0. The Labute approximate surface area is 174 Å². The van der Waals surface area contributed by atoms with Gasteiger partial charge in [0.15, 0.2) is 0 Å². The van der Waals surface area contributed by atoms with Crippen molar-refractivity contribution in [3.63, 3.8) is 0 Å². The Kier molecular flexibility index (Phi) is 8.10. The molecular formula is C26H44N2. The Morgan fingerprint density at radius 1 is 0.536 bits per heavy atom. The minimum absolute atomic E-state index is 0.938. The lowest BCUT2D eigenvalue weighted by molar-refractivity contribution is 0.0204. The van der Waals surface area contributed by atoms with Crippen molar-refractivity contribution in [2.45, 2.75) is 77.0 Å². The molecule has 0 spiro atoms. The van der Waals surface area contributed by atoms with Crippen molar-refractivity contribution < 1.29 is 0 Å². The van der Waals surface area contributed by atoms with Gasteiger partial charge in [-0.05, 0) is 120 Å². The fourth-order valence-corrected chi connectivity index (χ4v) is 6.61. The van der Waals surface area contributed by atoms with Crippen LogP contribution in [0.15, 0.2) is 24.3 Å². The maximum absolute atomic E-state index is 2.88. The molecule has 2 fully saturated rings. The molecule has 0 radical (unpaired) electrons. The van der Waals surface area contributed by atoms with Crippen molar-refractivity contribution in [3.8, 4) is 0 Å². The minimum atomic E-state index is 0.938. The van der Waals surface area contributed by atoms with E-state index in [1.165, 1.54) is 116 Å². The highest BCUT2D eigenvalue weighted by molar-refractivity contribution is 4.93. The summed E-state index contributed by atoms with van der Waals surface area (Å²) in [5, 5.41) is 0. The first-order chi connectivity index (χ1) is 13.9. The van der Waals surface area contributed by atoms with Crippen LogP contribution in [0.5, 0.6) is 0 Å². The lowest BCUT2D eigenvalue weighted by atomic mass is 9.69. The summed E-state index contributed by atoms with van der Waals surface area (Å²) >= 11 is 0. The molecular weight excluding hydrogens is 340 g/mol. The molecule has 5 aliphatic heterocycles. The average Bonchev–Trinajstić information content (AvgIpc) is 2.71. The van der Waals surface area contributed by atoms with Crippen LogP contribution in [0, 0.1) is 23.7 Å². The van der Waals surface area contributed by atoms with Gasteiger partial charge in [-0.3, -0.25) is 0 Å². The SMILES string of the molecule is C1=C\CC[C@@H]2C[C@H]3CN(CCCC/C=C\CC[C@H]4CN(CCCC/1)CC[C@H]43)C2. The van der Waals surface area contributed by atoms with Gasteiger partial charge in [0, 0.05) is 19.6 Å². The highest BCUT2D eigenvalue weighted by Crippen LogP contribution is 2.40. The standard InChI is InChI=1S/C26H44N2/c1-3-7-11-16-27-18-15-26-24(21-27)14-10-6-2-4-8-12-17-28-20-23(13-9-5-1)19-25(26)22-28/h1-2,5-6,23-26H,3-4,7-22H2/b5-1-,6-2-/t23-,24+,25+,26-/m1/s1. The fourth-order valence-electron chi connectivity index (χ4n) is 6.61. The van der Waals surface area contributed by atoms with E-state index in [9.17, 15) is 0 Å². The first kappa shape index (κ1) is 20.7. The maximum Gasteiger partial charge on any atom is 0.00127 e. The van der Waals surface area contributed by atoms with E-state index in [-0.39, 0.29) is 0 Å². The summed E-state index contributed by atoms with van der Waals surface area (Å²) in [5.41, 5.74) is 0. The zero-order valence-corrected chi connectivity index (χ0v) is 18.2. The third-order valence-electron chi connectivity index (χ3n) is 8.10. The van der Waals surface area contributed by atoms with Crippen LogP contribution in [-0.4, -0.2) is 49.1 Å². The molecule has 6 atom stereocenters. The van der Waals surface area contributed by atoms with Crippen LogP contribution < -0.4 is 0 Å². The van der Waals surface area contributed by atoms with Gasteiger partial charge in [-0.25, -0.2) is 0 Å². The Hall–Kier alpha value is -0.600. The zero-order chi connectivity index (χ0) is 19.0. The Bertz CT molecular complexity index is 511. The normalized spacial score (nSPS) is 43.1. The molecule has 2 heteroatoms. The second kappa shape index (κ2) is 11.0. The molecule has 5 rings (SSSR count). The number of rotatable bonds is 0. The van der Waals surface area contributed by atoms with Gasteiger partial charge < -0.3 is 9.80 Å². The molecule has 0 aliphatic carbocycles. The molecule has 0 amide bonds. The molecule has 0 aromatic rings. The molecule has 2 unspecified atom stereocenters. The van der Waals surface area contributed by atoms with E-state index < -0.39 is 0 Å². The van der Waals surface area contributed by atoms with Crippen LogP contribution in [0.2, 0.25) is 0 Å². The van der Waals surface area contributed by atoms with Crippen LogP contribution in [0.3, 0.4) is 0 Å². The number of allylic oxidation sites excluding steroid dienone is 4. The van der Waals surface area contributed by atoms with E-state index in [0.717, 1.165) is 23.7 Å². The number of nitrogens with zero attached hydrogens (tertiary/aromatic N) is 2. The lowest BCUT2D eigenvalue weighted by Crippen LogP contribution is -2.49. The smallest absolute Gasteiger partial charge is 0.00127 e. The van der Waals surface area contributed by atoms with Gasteiger partial charge in [-0.15, -0.1) is 0 Å². The van der Waals surface area contributed by atoms with Gasteiger partial charge in [0.1, 0.15) is 0 Å². The van der Waals surface area contributed by atoms with Crippen molar-refractivity contribution in [2.24, 2.45) is 23.7 Å². The van der Waals surface area contributed by atoms with Gasteiger partial charge >= 0.3 is 0 Å². The summed E-state index contributed by atoms with van der Waals surface area (Å²) in [5.74, 6) is 3.82. The van der Waals surface area contributed by atoms with E-state index >= 15 is 0 Å². The quantitative estimate of drug-likeness (QED) is 0.480. The topological polar surface area (TPSA) is 6.48 Å². The summed E-state index contributed by atoms with van der Waals surface area (Å²) in [6.45, 7) is 8.22.